The van der Waals surface area contributed by atoms with Crippen LogP contribution in [0.4, 0.5) is 10.1 Å². The van der Waals surface area contributed by atoms with Crippen molar-refractivity contribution in [2.75, 3.05) is 30.4 Å². The lowest BCUT2D eigenvalue weighted by Crippen LogP contribution is -2.38. The number of sulfone groups is 1. The van der Waals surface area contributed by atoms with Gasteiger partial charge in [0.05, 0.1) is 18.1 Å². The highest BCUT2D eigenvalue weighted by Crippen LogP contribution is 2.32. The molecule has 0 bridgehead atoms. The maximum absolute atomic E-state index is 13.2. The molecular weight excluding hydrogens is 415 g/mol. The minimum Gasteiger partial charge on any atom is -0.490 e. The number of fused-ring (bicyclic) bond motifs is 1. The Kier molecular flexibility index (Phi) is 6.56. The van der Waals surface area contributed by atoms with Crippen LogP contribution in [-0.2, 0) is 19.4 Å². The first-order valence-corrected chi connectivity index (χ1v) is 10.9. The molecule has 1 aliphatic heterocycles. The summed E-state index contributed by atoms with van der Waals surface area (Å²) in [5.74, 6) is -2.04. The lowest BCUT2D eigenvalue weighted by Gasteiger charge is -2.22. The van der Waals surface area contributed by atoms with Crippen LogP contribution in [0.3, 0.4) is 0 Å². The Hall–Kier alpha value is -3.14. The second-order valence-corrected chi connectivity index (χ2v) is 8.65. The molecule has 2 N–H and O–H groups in total. The molecule has 0 aromatic heterocycles. The number of amides is 2. The largest absolute Gasteiger partial charge is 0.490 e. The van der Waals surface area contributed by atoms with Gasteiger partial charge in [0, 0.05) is 31.1 Å². The number of nitrogens with zero attached hydrogens (tertiary/aromatic N) is 1. The number of rotatable bonds is 7. The Morgan fingerprint density at radius 3 is 2.37 bits per heavy atom. The SMILES string of the molecule is NC(=O)CCN(C(=O)CS(=O)(=O)c1ccc2c(c1)OCCCO2)c1ccc(F)cc1. The molecule has 1 aliphatic rings. The fourth-order valence-corrected chi connectivity index (χ4v) is 4.11. The topological polar surface area (TPSA) is 116 Å². The quantitative estimate of drug-likeness (QED) is 0.706. The molecule has 0 aliphatic carbocycles. The summed E-state index contributed by atoms with van der Waals surface area (Å²) in [6, 6.07) is 9.10. The second-order valence-electron chi connectivity index (χ2n) is 6.66. The molecule has 160 valence electrons. The number of benzene rings is 2. The minimum absolute atomic E-state index is 0.0888. The normalized spacial score (nSPS) is 13.4. The first kappa shape index (κ1) is 21.6. The van der Waals surface area contributed by atoms with Crippen molar-refractivity contribution >= 4 is 27.3 Å². The van der Waals surface area contributed by atoms with Crippen molar-refractivity contribution in [2.24, 2.45) is 5.73 Å². The average Bonchev–Trinajstić information content (AvgIpc) is 2.93. The molecule has 1 heterocycles. The number of hydrogen-bond acceptors (Lipinski definition) is 6. The molecule has 8 nitrogen and oxygen atoms in total. The van der Waals surface area contributed by atoms with Crippen LogP contribution in [0.5, 0.6) is 11.5 Å². The zero-order valence-corrected chi connectivity index (χ0v) is 16.9. The van der Waals surface area contributed by atoms with Crippen molar-refractivity contribution < 1.29 is 31.9 Å². The van der Waals surface area contributed by atoms with Crippen LogP contribution in [0, 0.1) is 5.82 Å². The first-order chi connectivity index (χ1) is 14.3. The van der Waals surface area contributed by atoms with E-state index in [9.17, 15) is 22.4 Å². The van der Waals surface area contributed by atoms with E-state index < -0.39 is 33.2 Å². The summed E-state index contributed by atoms with van der Waals surface area (Å²) >= 11 is 0. The Morgan fingerprint density at radius 1 is 1.03 bits per heavy atom. The van der Waals surface area contributed by atoms with Crippen LogP contribution >= 0.6 is 0 Å². The molecule has 0 atom stereocenters. The van der Waals surface area contributed by atoms with Gasteiger partial charge in [-0.2, -0.15) is 0 Å². The summed E-state index contributed by atoms with van der Waals surface area (Å²) in [7, 11) is -4.02. The van der Waals surface area contributed by atoms with Gasteiger partial charge in [0.25, 0.3) is 0 Å². The number of primary amides is 1. The standard InChI is InChI=1S/C20H21FN2O6S/c21-14-2-4-15(5-3-14)23(9-8-19(22)24)20(25)13-30(26,27)16-6-7-17-18(12-16)29-11-1-10-28-17/h2-7,12H,1,8-11,13H2,(H2,22,24). The van der Waals surface area contributed by atoms with Crippen LogP contribution in [0.15, 0.2) is 47.4 Å². The molecule has 0 saturated heterocycles. The molecule has 0 spiro atoms. The summed E-state index contributed by atoms with van der Waals surface area (Å²) < 4.78 is 49.9. The number of anilines is 1. The van der Waals surface area contributed by atoms with E-state index in [4.69, 9.17) is 15.2 Å². The third-order valence-electron chi connectivity index (χ3n) is 4.41. The lowest BCUT2D eigenvalue weighted by molar-refractivity contribution is -0.118. The number of halogens is 1. The lowest BCUT2D eigenvalue weighted by atomic mass is 10.2. The maximum atomic E-state index is 13.2. The second kappa shape index (κ2) is 9.12. The van der Waals surface area contributed by atoms with Crippen molar-refractivity contribution in [1.82, 2.24) is 0 Å². The van der Waals surface area contributed by atoms with Gasteiger partial charge in [-0.1, -0.05) is 0 Å². The zero-order chi connectivity index (χ0) is 21.7. The van der Waals surface area contributed by atoms with Crippen LogP contribution < -0.4 is 20.1 Å². The van der Waals surface area contributed by atoms with E-state index >= 15 is 0 Å². The van der Waals surface area contributed by atoms with Gasteiger partial charge in [0.1, 0.15) is 11.6 Å². The Labute approximate surface area is 173 Å². The zero-order valence-electron chi connectivity index (χ0n) is 16.0. The fraction of sp³-hybridized carbons (Fsp3) is 0.300. The molecule has 2 aromatic carbocycles. The molecular formula is C20H21FN2O6S. The maximum Gasteiger partial charge on any atom is 0.242 e. The van der Waals surface area contributed by atoms with Crippen LogP contribution in [0.2, 0.25) is 0 Å². The fourth-order valence-electron chi connectivity index (χ4n) is 2.90. The number of carbonyl (C=O) groups excluding carboxylic acids is 2. The van der Waals surface area contributed by atoms with Crippen molar-refractivity contribution in [3.63, 3.8) is 0 Å². The van der Waals surface area contributed by atoms with Gasteiger partial charge in [0.2, 0.25) is 11.8 Å². The Morgan fingerprint density at radius 2 is 1.70 bits per heavy atom. The predicted octanol–water partition coefficient (Wildman–Crippen LogP) is 1.67. The summed E-state index contributed by atoms with van der Waals surface area (Å²) in [4.78, 5) is 25.0. The molecule has 3 rings (SSSR count). The van der Waals surface area contributed by atoms with E-state index in [0.717, 1.165) is 17.0 Å². The van der Waals surface area contributed by atoms with Crippen molar-refractivity contribution in [3.05, 3.63) is 48.3 Å². The van der Waals surface area contributed by atoms with Gasteiger partial charge < -0.3 is 20.1 Å². The van der Waals surface area contributed by atoms with Crippen LogP contribution in [0.1, 0.15) is 12.8 Å². The molecule has 10 heteroatoms. The molecule has 2 amide bonds. The monoisotopic (exact) mass is 436 g/mol. The smallest absolute Gasteiger partial charge is 0.242 e. The van der Waals surface area contributed by atoms with E-state index in [2.05, 4.69) is 0 Å². The molecule has 30 heavy (non-hydrogen) atoms. The Bertz CT molecular complexity index is 1040. The average molecular weight is 436 g/mol. The van der Waals surface area contributed by atoms with E-state index in [1.54, 1.807) is 0 Å². The third kappa shape index (κ3) is 5.26. The van der Waals surface area contributed by atoms with Gasteiger partial charge in [-0.25, -0.2) is 12.8 Å². The summed E-state index contributed by atoms with van der Waals surface area (Å²) in [6.45, 7) is 0.724. The van der Waals surface area contributed by atoms with Crippen molar-refractivity contribution in [2.45, 2.75) is 17.7 Å². The van der Waals surface area contributed by atoms with Gasteiger partial charge in [-0.05, 0) is 36.4 Å². The number of ether oxygens (including phenoxy) is 2. The van der Waals surface area contributed by atoms with Gasteiger partial charge in [-0.3, -0.25) is 9.59 Å². The number of carbonyl (C=O) groups is 2. The Balaban J connectivity index is 1.83. The highest BCUT2D eigenvalue weighted by molar-refractivity contribution is 7.92. The van der Waals surface area contributed by atoms with E-state index in [1.165, 1.54) is 30.3 Å². The van der Waals surface area contributed by atoms with Crippen LogP contribution in [-0.4, -0.2) is 45.7 Å². The summed E-state index contributed by atoms with van der Waals surface area (Å²) in [5.41, 5.74) is 5.42. The van der Waals surface area contributed by atoms with Crippen molar-refractivity contribution in [1.29, 1.82) is 0 Å². The predicted molar refractivity (Wildman–Crippen MR) is 107 cm³/mol. The minimum atomic E-state index is -4.02. The van der Waals surface area contributed by atoms with E-state index in [0.29, 0.717) is 31.1 Å². The summed E-state index contributed by atoms with van der Waals surface area (Å²) in [6.07, 6.45) is 0.495. The van der Waals surface area contributed by atoms with Gasteiger partial charge >= 0.3 is 0 Å². The van der Waals surface area contributed by atoms with E-state index in [-0.39, 0.29) is 23.5 Å². The molecule has 0 saturated carbocycles. The molecule has 0 unspecified atom stereocenters. The van der Waals surface area contributed by atoms with E-state index in [1.807, 2.05) is 0 Å². The molecule has 2 aromatic rings. The highest BCUT2D eigenvalue weighted by Gasteiger charge is 2.26. The molecule has 0 fully saturated rings. The number of nitrogens with two attached hydrogens (primary N) is 1. The number of hydrogen-bond donors (Lipinski definition) is 1. The van der Waals surface area contributed by atoms with Crippen molar-refractivity contribution in [3.8, 4) is 11.5 Å². The van der Waals surface area contributed by atoms with Crippen LogP contribution in [0.25, 0.3) is 0 Å². The summed E-state index contributed by atoms with van der Waals surface area (Å²) in [5, 5.41) is 0. The van der Waals surface area contributed by atoms with Gasteiger partial charge in [0.15, 0.2) is 21.3 Å². The highest BCUT2D eigenvalue weighted by atomic mass is 32.2. The third-order valence-corrected chi connectivity index (χ3v) is 6.01. The first-order valence-electron chi connectivity index (χ1n) is 9.23. The molecule has 0 radical (unpaired) electrons. The van der Waals surface area contributed by atoms with Gasteiger partial charge in [-0.15, -0.1) is 0 Å².